The summed E-state index contributed by atoms with van der Waals surface area (Å²) in [6.07, 6.45) is 12.4. The zero-order valence-electron chi connectivity index (χ0n) is 32.4. The van der Waals surface area contributed by atoms with Crippen LogP contribution in [0.5, 0.6) is 11.8 Å². The number of hydrogen-bond donors (Lipinski definition) is 2. The van der Waals surface area contributed by atoms with Crippen LogP contribution in [0.1, 0.15) is 71.3 Å². The summed E-state index contributed by atoms with van der Waals surface area (Å²) < 4.78 is 59.9. The van der Waals surface area contributed by atoms with Crippen LogP contribution in [0.4, 0.5) is 19.0 Å². The van der Waals surface area contributed by atoms with Gasteiger partial charge in [0.2, 0.25) is 5.91 Å². The van der Waals surface area contributed by atoms with Crippen molar-refractivity contribution in [1.29, 1.82) is 0 Å². The molecule has 2 aliphatic heterocycles. The molecule has 4 aromatic rings. The summed E-state index contributed by atoms with van der Waals surface area (Å²) >= 11 is 0. The predicted octanol–water partition coefficient (Wildman–Crippen LogP) is 7.57. The lowest BCUT2D eigenvalue weighted by Crippen LogP contribution is -2.61. The Labute approximate surface area is 325 Å². The number of nitrogens with one attached hydrogen (secondary N) is 1. The predicted molar refractivity (Wildman–Crippen MR) is 210 cm³/mol. The highest BCUT2D eigenvalue weighted by Crippen LogP contribution is 2.47. The summed E-state index contributed by atoms with van der Waals surface area (Å²) in [6.45, 7) is 11.7. The molecule has 1 aliphatic carbocycles. The van der Waals surface area contributed by atoms with Gasteiger partial charge in [-0.3, -0.25) is 14.7 Å². The Bertz CT molecular complexity index is 2210. The molecule has 296 valence electrons. The summed E-state index contributed by atoms with van der Waals surface area (Å²) in [7, 11) is 1.75. The molecule has 0 bridgehead atoms. The summed E-state index contributed by atoms with van der Waals surface area (Å²) in [5.41, 5.74) is -2.13. The average Bonchev–Trinajstić information content (AvgIpc) is 3.81. The zero-order valence-corrected chi connectivity index (χ0v) is 32.4. The van der Waals surface area contributed by atoms with Gasteiger partial charge in [0.05, 0.1) is 22.0 Å². The molecule has 2 saturated heterocycles. The van der Waals surface area contributed by atoms with Gasteiger partial charge in [0.1, 0.15) is 41.4 Å². The summed E-state index contributed by atoms with van der Waals surface area (Å²) in [4.78, 5) is 30.6. The maximum absolute atomic E-state index is 17.2. The van der Waals surface area contributed by atoms with E-state index in [-0.39, 0.29) is 88.8 Å². The minimum absolute atomic E-state index is 0.0291. The number of likely N-dealkylation sites (tertiary alicyclic amines) is 1. The summed E-state index contributed by atoms with van der Waals surface area (Å²) in [6, 6.07) is 5.32. The Morgan fingerprint density at radius 3 is 2.62 bits per heavy atom. The first-order valence-electron chi connectivity index (χ1n) is 19.3. The second-order valence-electron chi connectivity index (χ2n) is 16.4. The number of anilines is 1. The van der Waals surface area contributed by atoms with Crippen LogP contribution in [0.25, 0.3) is 32.9 Å². The van der Waals surface area contributed by atoms with Crippen molar-refractivity contribution in [3.63, 3.8) is 0 Å². The number of fused-ring (bicyclic) bond motifs is 2. The monoisotopic (exact) mass is 770 g/mol. The molecule has 2 N–H and O–H groups in total. The molecule has 1 amide bonds. The zero-order chi connectivity index (χ0) is 40.0. The number of rotatable bonds is 10. The third-order valence-electron chi connectivity index (χ3n) is 12.4. The number of amides is 1. The van der Waals surface area contributed by atoms with Gasteiger partial charge in [-0.15, -0.1) is 6.42 Å². The Morgan fingerprint density at radius 2 is 1.95 bits per heavy atom. The fourth-order valence-electron chi connectivity index (χ4n) is 9.17. The molecule has 0 spiro atoms. The molecule has 2 atom stereocenters. The van der Waals surface area contributed by atoms with Crippen LogP contribution in [0.15, 0.2) is 43.1 Å². The number of benzene rings is 2. The van der Waals surface area contributed by atoms with Gasteiger partial charge in [-0.05, 0) is 60.8 Å². The molecule has 1 saturated carbocycles. The first-order valence-corrected chi connectivity index (χ1v) is 19.3. The Balaban J connectivity index is 1.35. The molecular weight excluding hydrogens is 722 g/mol. The van der Waals surface area contributed by atoms with Gasteiger partial charge in [0.25, 0.3) is 0 Å². The van der Waals surface area contributed by atoms with E-state index >= 15 is 13.2 Å². The topological polar surface area (TPSA) is 113 Å². The Hall–Kier alpha value is -4.93. The van der Waals surface area contributed by atoms with E-state index in [1.807, 2.05) is 0 Å². The van der Waals surface area contributed by atoms with Gasteiger partial charge < -0.3 is 24.8 Å². The number of carbonyl (C=O) groups is 1. The van der Waals surface area contributed by atoms with Crippen molar-refractivity contribution in [2.75, 3.05) is 45.3 Å². The molecule has 4 heterocycles. The van der Waals surface area contributed by atoms with Gasteiger partial charge in [0.15, 0.2) is 5.82 Å². The van der Waals surface area contributed by atoms with E-state index in [0.717, 1.165) is 38.5 Å². The number of aromatic hydroxyl groups is 1. The molecule has 10 nitrogen and oxygen atoms in total. The number of ether oxygens (including phenoxy) is 2. The number of carbonyl (C=O) groups excluding carboxylic acids is 1. The van der Waals surface area contributed by atoms with E-state index < -0.39 is 34.3 Å². The van der Waals surface area contributed by atoms with Crippen LogP contribution in [0.3, 0.4) is 0 Å². The molecular formula is C43H49F3N6O4. The van der Waals surface area contributed by atoms with Gasteiger partial charge in [-0.1, -0.05) is 52.2 Å². The quantitative estimate of drug-likeness (QED) is 0.125. The fraction of sp³-hybridized carbons (Fsp3) is 0.488. The maximum Gasteiger partial charge on any atom is 0.319 e. The first kappa shape index (κ1) is 39.3. The summed E-state index contributed by atoms with van der Waals surface area (Å²) in [5, 5.41) is 14.9. The van der Waals surface area contributed by atoms with Crippen LogP contribution in [-0.4, -0.2) is 99.0 Å². The number of terminal acetylenes is 1. The third-order valence-corrected chi connectivity index (χ3v) is 12.4. The number of phenolic OH excluding ortho intramolecular Hbond substituents is 1. The second-order valence-corrected chi connectivity index (χ2v) is 16.4. The molecule has 13 heteroatoms. The average molecular weight is 771 g/mol. The van der Waals surface area contributed by atoms with E-state index in [9.17, 15) is 9.90 Å². The normalized spacial score (nSPS) is 21.6. The number of aromatic nitrogens is 3. The maximum atomic E-state index is 17.2. The molecule has 0 unspecified atom stereocenters. The number of pyridine rings is 1. The number of likely N-dealkylation sites (N-methyl/N-ethyl adjacent to an activating group) is 1. The first-order chi connectivity index (χ1) is 26.7. The van der Waals surface area contributed by atoms with Crippen LogP contribution in [0.2, 0.25) is 0 Å². The highest BCUT2D eigenvalue weighted by Gasteiger charge is 2.56. The van der Waals surface area contributed by atoms with E-state index in [1.54, 1.807) is 11.9 Å². The van der Waals surface area contributed by atoms with E-state index in [0.29, 0.717) is 18.6 Å². The largest absolute Gasteiger partial charge is 0.508 e. The van der Waals surface area contributed by atoms with Crippen molar-refractivity contribution < 1.29 is 32.5 Å². The van der Waals surface area contributed by atoms with Gasteiger partial charge >= 0.3 is 6.01 Å². The minimum Gasteiger partial charge on any atom is -0.508 e. The smallest absolute Gasteiger partial charge is 0.319 e. The lowest BCUT2D eigenvalue weighted by molar-refractivity contribution is -0.129. The summed E-state index contributed by atoms with van der Waals surface area (Å²) in [5.74, 6) is 0.639. The standard InChI is InChI=1S/C43H49F3N6O4/c1-7-30-33(45)12-11-26-19-29(53)20-31(35(26)30)37-36(46)38-32(22-47-37)39(48-24-42(15-9-10-16-42)51(6)34(54)8-2)50-40(49-38)56-25-43(41(3,4)5)21-27(44)23-52(43)28-13-17-55-18-14-28/h1,8,11-12,19-20,22,27-28,53H,2,9-10,13-18,21,23-25H2,3-6H3,(H,48,49,50)/t27-,43+/m1/s1. The number of phenols is 1. The van der Waals surface area contributed by atoms with Crippen molar-refractivity contribution in [1.82, 2.24) is 24.8 Å². The number of halogens is 3. The SMILES string of the molecule is C#Cc1c(F)ccc2cc(O)cc(-c3ncc4c(NCC5(N(C)C(=O)C=C)CCCC5)nc(OC[C@]5(C(C)(C)C)C[C@@H](F)CN5C5CCOCC5)nc4c3F)c12. The van der Waals surface area contributed by atoms with Crippen LogP contribution >= 0.6 is 0 Å². The van der Waals surface area contributed by atoms with Gasteiger partial charge in [-0.25, -0.2) is 13.2 Å². The number of hydrogen-bond acceptors (Lipinski definition) is 9. The molecule has 2 aromatic carbocycles. The van der Waals surface area contributed by atoms with Gasteiger partial charge in [0, 0.05) is 63.0 Å². The van der Waals surface area contributed by atoms with E-state index in [1.165, 1.54) is 36.5 Å². The van der Waals surface area contributed by atoms with Crippen molar-refractivity contribution in [2.45, 2.75) is 89.0 Å². The third kappa shape index (κ3) is 6.91. The van der Waals surface area contributed by atoms with Gasteiger partial charge in [-0.2, -0.15) is 9.97 Å². The molecule has 3 fully saturated rings. The Kier molecular flexibility index (Phi) is 10.7. The lowest BCUT2D eigenvalue weighted by Gasteiger charge is -2.51. The van der Waals surface area contributed by atoms with Crippen LogP contribution < -0.4 is 10.1 Å². The fourth-order valence-corrected chi connectivity index (χ4v) is 9.17. The van der Waals surface area contributed by atoms with E-state index in [4.69, 9.17) is 20.9 Å². The van der Waals surface area contributed by atoms with Crippen LogP contribution in [0, 0.1) is 29.4 Å². The Morgan fingerprint density at radius 1 is 1.21 bits per heavy atom. The molecule has 3 aliphatic rings. The molecule has 0 radical (unpaired) electrons. The number of nitrogens with zero attached hydrogens (tertiary/aromatic N) is 5. The van der Waals surface area contributed by atoms with Crippen molar-refractivity contribution in [2.24, 2.45) is 5.41 Å². The lowest BCUT2D eigenvalue weighted by atomic mass is 9.71. The number of alkyl halides is 1. The van der Waals surface area contributed by atoms with E-state index in [2.05, 4.69) is 53.5 Å². The van der Waals surface area contributed by atoms with Crippen molar-refractivity contribution in [3.8, 4) is 35.4 Å². The van der Waals surface area contributed by atoms with Crippen LogP contribution in [-0.2, 0) is 9.53 Å². The molecule has 2 aromatic heterocycles. The molecule has 7 rings (SSSR count). The second kappa shape index (κ2) is 15.2. The van der Waals surface area contributed by atoms with Crippen molar-refractivity contribution >= 4 is 33.4 Å². The minimum atomic E-state index is -1.07. The highest BCUT2D eigenvalue weighted by atomic mass is 19.1. The molecule has 56 heavy (non-hydrogen) atoms. The highest BCUT2D eigenvalue weighted by molar-refractivity contribution is 6.03. The van der Waals surface area contributed by atoms with Crippen molar-refractivity contribution in [3.05, 3.63) is 60.3 Å².